The number of rotatable bonds is 2. The van der Waals surface area contributed by atoms with Gasteiger partial charge in [-0.2, -0.15) is 0 Å². The lowest BCUT2D eigenvalue weighted by Gasteiger charge is -2.24. The van der Waals surface area contributed by atoms with Crippen LogP contribution in [-0.2, 0) is 4.74 Å². The van der Waals surface area contributed by atoms with E-state index >= 15 is 0 Å². The summed E-state index contributed by atoms with van der Waals surface area (Å²) in [5.41, 5.74) is 1.84. The Kier molecular flexibility index (Phi) is 2.98. The van der Waals surface area contributed by atoms with Crippen molar-refractivity contribution in [3.63, 3.8) is 0 Å². The Labute approximate surface area is 109 Å². The molecule has 0 bridgehead atoms. The molecular weight excluding hydrogens is 248 g/mol. The Hall–Kier alpha value is -1.88. The topological polar surface area (TPSA) is 41.6 Å². The van der Waals surface area contributed by atoms with Gasteiger partial charge in [0.15, 0.2) is 0 Å². The number of hydrogen-bond donors (Lipinski definition) is 1. The normalized spacial score (nSPS) is 22.4. The summed E-state index contributed by atoms with van der Waals surface area (Å²) in [5.74, 6) is 0. The Morgan fingerprint density at radius 2 is 2.17 bits per heavy atom. The third kappa shape index (κ3) is 1.97. The quantitative estimate of drug-likeness (QED) is 0.830. The van der Waals surface area contributed by atoms with Crippen LogP contribution in [0.4, 0.5) is 10.5 Å². The lowest BCUT2D eigenvalue weighted by atomic mass is 10.1. The molecule has 5 heteroatoms. The first-order chi connectivity index (χ1) is 8.86. The Bertz CT molecular complexity index is 513. The highest BCUT2D eigenvalue weighted by Gasteiger charge is 2.36. The second-order valence-corrected chi connectivity index (χ2v) is 4.68. The van der Waals surface area contributed by atoms with Gasteiger partial charge in [0.05, 0.1) is 0 Å². The third-order valence-electron chi connectivity index (χ3n) is 2.87. The third-order valence-corrected chi connectivity index (χ3v) is 3.51. The molecule has 2 aliphatic rings. The van der Waals surface area contributed by atoms with Crippen LogP contribution >= 0.6 is 11.9 Å². The average Bonchev–Trinajstić information content (AvgIpc) is 2.83. The van der Waals surface area contributed by atoms with Crippen molar-refractivity contribution >= 4 is 23.7 Å². The van der Waals surface area contributed by atoms with E-state index in [2.05, 4.69) is 4.72 Å². The maximum absolute atomic E-state index is 11.9. The minimum Gasteiger partial charge on any atom is -0.446 e. The molecule has 1 N–H and O–H groups in total. The van der Waals surface area contributed by atoms with Gasteiger partial charge in [-0.3, -0.25) is 4.90 Å². The number of allylic oxidation sites excluding steroid dienone is 2. The van der Waals surface area contributed by atoms with Crippen LogP contribution in [0.2, 0.25) is 0 Å². The van der Waals surface area contributed by atoms with Crippen LogP contribution in [0.15, 0.2) is 53.6 Å². The lowest BCUT2D eigenvalue weighted by molar-refractivity contribution is 0.179. The molecule has 0 aliphatic carbocycles. The van der Waals surface area contributed by atoms with Crippen LogP contribution in [0.25, 0.3) is 0 Å². The SMILES string of the molecule is O=C1OCC(C2=CC=CSN2)N1c1ccccc1. The molecule has 1 aromatic carbocycles. The summed E-state index contributed by atoms with van der Waals surface area (Å²) in [5, 5.41) is 1.95. The van der Waals surface area contributed by atoms with Crippen LogP contribution in [0.1, 0.15) is 0 Å². The summed E-state index contributed by atoms with van der Waals surface area (Å²) in [6.45, 7) is 0.376. The maximum Gasteiger partial charge on any atom is 0.415 e. The number of nitrogens with one attached hydrogen (secondary N) is 1. The van der Waals surface area contributed by atoms with Gasteiger partial charge in [0, 0.05) is 11.4 Å². The van der Waals surface area contributed by atoms with E-state index in [-0.39, 0.29) is 12.1 Å². The zero-order chi connectivity index (χ0) is 12.4. The Morgan fingerprint density at radius 1 is 1.33 bits per heavy atom. The van der Waals surface area contributed by atoms with Gasteiger partial charge in [0.2, 0.25) is 0 Å². The van der Waals surface area contributed by atoms with E-state index in [0.717, 1.165) is 11.4 Å². The number of anilines is 1. The van der Waals surface area contributed by atoms with Gasteiger partial charge in [-0.1, -0.05) is 24.3 Å². The van der Waals surface area contributed by atoms with Crippen molar-refractivity contribution in [3.8, 4) is 0 Å². The zero-order valence-electron chi connectivity index (χ0n) is 9.58. The van der Waals surface area contributed by atoms with Crippen LogP contribution in [0, 0.1) is 0 Å². The number of para-hydroxylation sites is 1. The Balaban J connectivity index is 1.93. The first-order valence-corrected chi connectivity index (χ1v) is 6.53. The molecule has 0 radical (unpaired) electrons. The highest BCUT2D eigenvalue weighted by atomic mass is 32.2. The molecule has 4 nitrogen and oxygen atoms in total. The highest BCUT2D eigenvalue weighted by molar-refractivity contribution is 8.00. The van der Waals surface area contributed by atoms with Crippen molar-refractivity contribution in [3.05, 3.63) is 53.6 Å². The predicted octanol–water partition coefficient (Wildman–Crippen LogP) is 2.66. The average molecular weight is 260 g/mol. The van der Waals surface area contributed by atoms with Gasteiger partial charge in [-0.15, -0.1) is 0 Å². The van der Waals surface area contributed by atoms with Crippen molar-refractivity contribution < 1.29 is 9.53 Å². The van der Waals surface area contributed by atoms with Gasteiger partial charge in [0.1, 0.15) is 12.6 Å². The van der Waals surface area contributed by atoms with Crippen LogP contribution < -0.4 is 9.62 Å². The fourth-order valence-corrected chi connectivity index (χ4v) is 2.59. The number of carbonyl (C=O) groups is 1. The summed E-state index contributed by atoms with van der Waals surface area (Å²) < 4.78 is 8.36. The number of benzene rings is 1. The number of amides is 1. The Morgan fingerprint density at radius 3 is 2.89 bits per heavy atom. The molecule has 1 fully saturated rings. The van der Waals surface area contributed by atoms with Crippen molar-refractivity contribution in [1.29, 1.82) is 0 Å². The molecule has 1 atom stereocenters. The number of ether oxygens (including phenoxy) is 1. The molecule has 18 heavy (non-hydrogen) atoms. The van der Waals surface area contributed by atoms with Crippen LogP contribution in [0.3, 0.4) is 0 Å². The van der Waals surface area contributed by atoms with E-state index in [4.69, 9.17) is 4.74 Å². The lowest BCUT2D eigenvalue weighted by Crippen LogP contribution is -2.38. The number of carbonyl (C=O) groups excluding carboxylic acids is 1. The van der Waals surface area contributed by atoms with E-state index in [1.165, 1.54) is 11.9 Å². The summed E-state index contributed by atoms with van der Waals surface area (Å²) in [4.78, 5) is 13.5. The first kappa shape index (κ1) is 11.2. The van der Waals surface area contributed by atoms with Crippen molar-refractivity contribution in [1.82, 2.24) is 4.72 Å². The largest absolute Gasteiger partial charge is 0.446 e. The van der Waals surface area contributed by atoms with Gasteiger partial charge in [-0.05, 0) is 35.6 Å². The van der Waals surface area contributed by atoms with E-state index in [1.54, 1.807) is 4.90 Å². The zero-order valence-corrected chi connectivity index (χ0v) is 10.4. The number of cyclic esters (lactones) is 1. The molecule has 1 unspecified atom stereocenters. The van der Waals surface area contributed by atoms with Crippen LogP contribution in [-0.4, -0.2) is 18.7 Å². The minimum atomic E-state index is -0.298. The van der Waals surface area contributed by atoms with Crippen LogP contribution in [0.5, 0.6) is 0 Å². The van der Waals surface area contributed by atoms with Crippen molar-refractivity contribution in [2.75, 3.05) is 11.5 Å². The molecule has 2 heterocycles. The maximum atomic E-state index is 11.9. The summed E-state index contributed by atoms with van der Waals surface area (Å²) in [7, 11) is 0. The molecule has 92 valence electrons. The smallest absolute Gasteiger partial charge is 0.415 e. The summed E-state index contributed by atoms with van der Waals surface area (Å²) in [6, 6.07) is 9.48. The standard InChI is InChI=1S/C13H12N2O2S/c16-13-15(10-5-2-1-3-6-10)12(9-17-13)11-7-4-8-18-14-11/h1-8,12,14H,9H2. The number of nitrogens with zero attached hydrogens (tertiary/aromatic N) is 1. The molecule has 3 rings (SSSR count). The van der Waals surface area contributed by atoms with E-state index in [9.17, 15) is 4.79 Å². The predicted molar refractivity (Wildman–Crippen MR) is 72.0 cm³/mol. The van der Waals surface area contributed by atoms with Gasteiger partial charge in [0.25, 0.3) is 0 Å². The second-order valence-electron chi connectivity index (χ2n) is 3.97. The molecule has 1 aromatic rings. The molecule has 0 saturated carbocycles. The van der Waals surface area contributed by atoms with Crippen molar-refractivity contribution in [2.24, 2.45) is 0 Å². The highest BCUT2D eigenvalue weighted by Crippen LogP contribution is 2.27. The number of hydrogen-bond acceptors (Lipinski definition) is 4. The summed E-state index contributed by atoms with van der Waals surface area (Å²) >= 11 is 1.50. The van der Waals surface area contributed by atoms with E-state index in [1.807, 2.05) is 47.9 Å². The minimum absolute atomic E-state index is 0.0858. The second kappa shape index (κ2) is 4.78. The monoisotopic (exact) mass is 260 g/mol. The van der Waals surface area contributed by atoms with Gasteiger partial charge in [-0.25, -0.2) is 4.79 Å². The molecule has 1 saturated heterocycles. The van der Waals surface area contributed by atoms with Gasteiger partial charge < -0.3 is 9.46 Å². The first-order valence-electron chi connectivity index (χ1n) is 5.66. The molecule has 2 aliphatic heterocycles. The molecular formula is C13H12N2O2S. The van der Waals surface area contributed by atoms with Crippen molar-refractivity contribution in [2.45, 2.75) is 6.04 Å². The van der Waals surface area contributed by atoms with E-state index in [0.29, 0.717) is 6.61 Å². The molecule has 0 aromatic heterocycles. The molecule has 0 spiro atoms. The fraction of sp³-hybridized carbons (Fsp3) is 0.154. The molecule has 1 amide bonds. The fourth-order valence-electron chi connectivity index (χ4n) is 2.02. The summed E-state index contributed by atoms with van der Waals surface area (Å²) in [6.07, 6.45) is 3.63. The van der Waals surface area contributed by atoms with Gasteiger partial charge >= 0.3 is 6.09 Å². The van der Waals surface area contributed by atoms with E-state index < -0.39 is 0 Å².